The molecule has 0 aliphatic carbocycles. The van der Waals surface area contributed by atoms with Crippen molar-refractivity contribution in [2.75, 3.05) is 0 Å². The van der Waals surface area contributed by atoms with Crippen LogP contribution in [-0.4, -0.2) is 15.0 Å². The van der Waals surface area contributed by atoms with E-state index < -0.39 is 5.41 Å². The molecule has 0 amide bonds. The SMILES string of the molecule is Cc1ccc(CC(Cc2ccco2)(c2ccccn2)C(Cc2cccnc2)c2ccncc2)o1. The average molecular weight is 450 g/mol. The van der Waals surface area contributed by atoms with Crippen molar-refractivity contribution in [2.24, 2.45) is 0 Å². The van der Waals surface area contributed by atoms with Crippen LogP contribution in [0.2, 0.25) is 0 Å². The molecule has 0 spiro atoms. The average Bonchev–Trinajstić information content (AvgIpc) is 3.55. The Morgan fingerprint density at radius 2 is 1.68 bits per heavy atom. The van der Waals surface area contributed by atoms with Crippen LogP contribution in [0.4, 0.5) is 0 Å². The van der Waals surface area contributed by atoms with E-state index in [1.807, 2.05) is 68.2 Å². The van der Waals surface area contributed by atoms with E-state index in [1.165, 1.54) is 11.1 Å². The molecule has 0 N–H and O–H groups in total. The predicted octanol–water partition coefficient (Wildman–Crippen LogP) is 6.12. The fourth-order valence-corrected chi connectivity index (χ4v) is 4.92. The number of pyridine rings is 3. The molecule has 0 aliphatic heterocycles. The first-order valence-corrected chi connectivity index (χ1v) is 11.5. The fraction of sp³-hybridized carbons (Fsp3) is 0.207. The monoisotopic (exact) mass is 449 g/mol. The number of aromatic nitrogens is 3. The van der Waals surface area contributed by atoms with E-state index in [4.69, 9.17) is 13.8 Å². The minimum absolute atomic E-state index is 0.0603. The van der Waals surface area contributed by atoms with Crippen molar-refractivity contribution in [3.8, 4) is 0 Å². The minimum Gasteiger partial charge on any atom is -0.469 e. The number of aryl methyl sites for hydroxylation is 1. The summed E-state index contributed by atoms with van der Waals surface area (Å²) in [5, 5.41) is 0. The maximum absolute atomic E-state index is 6.13. The Kier molecular flexibility index (Phi) is 6.34. The predicted molar refractivity (Wildman–Crippen MR) is 130 cm³/mol. The third-order valence-corrected chi connectivity index (χ3v) is 6.47. The van der Waals surface area contributed by atoms with E-state index in [1.54, 1.807) is 6.26 Å². The molecule has 0 fully saturated rings. The van der Waals surface area contributed by atoms with Crippen LogP contribution in [0.3, 0.4) is 0 Å². The van der Waals surface area contributed by atoms with Gasteiger partial charge >= 0.3 is 0 Å². The van der Waals surface area contributed by atoms with E-state index in [0.717, 1.165) is 29.4 Å². The summed E-state index contributed by atoms with van der Waals surface area (Å²) in [7, 11) is 0. The minimum atomic E-state index is -0.444. The molecule has 0 aliphatic rings. The summed E-state index contributed by atoms with van der Waals surface area (Å²) in [6.07, 6.45) is 13.2. The summed E-state index contributed by atoms with van der Waals surface area (Å²) < 4.78 is 12.0. The van der Waals surface area contributed by atoms with Gasteiger partial charge < -0.3 is 8.83 Å². The number of rotatable bonds is 9. The third kappa shape index (κ3) is 4.69. The highest BCUT2D eigenvalue weighted by atomic mass is 16.3. The lowest BCUT2D eigenvalue weighted by Crippen LogP contribution is -2.40. The lowest BCUT2D eigenvalue weighted by molar-refractivity contribution is 0.279. The van der Waals surface area contributed by atoms with Crippen molar-refractivity contribution >= 4 is 0 Å². The molecule has 2 unspecified atom stereocenters. The Morgan fingerprint density at radius 3 is 2.35 bits per heavy atom. The van der Waals surface area contributed by atoms with Crippen LogP contribution in [0.15, 0.2) is 113 Å². The van der Waals surface area contributed by atoms with Gasteiger partial charge in [0.1, 0.15) is 17.3 Å². The molecule has 170 valence electrons. The topological polar surface area (TPSA) is 65.0 Å². The molecule has 5 aromatic heterocycles. The largest absolute Gasteiger partial charge is 0.469 e. The summed E-state index contributed by atoms with van der Waals surface area (Å²) in [6, 6.07) is 22.5. The highest BCUT2D eigenvalue weighted by Crippen LogP contribution is 2.46. The molecule has 5 rings (SSSR count). The van der Waals surface area contributed by atoms with Crippen LogP contribution in [0.5, 0.6) is 0 Å². The molecule has 5 aromatic rings. The molecule has 0 saturated heterocycles. The first-order chi connectivity index (χ1) is 16.7. The van der Waals surface area contributed by atoms with Crippen LogP contribution in [-0.2, 0) is 24.7 Å². The van der Waals surface area contributed by atoms with Crippen LogP contribution >= 0.6 is 0 Å². The van der Waals surface area contributed by atoms with Crippen LogP contribution < -0.4 is 0 Å². The van der Waals surface area contributed by atoms with Crippen LogP contribution in [0, 0.1) is 6.92 Å². The Hall–Kier alpha value is -3.99. The zero-order chi connectivity index (χ0) is 23.2. The molecular weight excluding hydrogens is 422 g/mol. The van der Waals surface area contributed by atoms with Gasteiger partial charge in [0.05, 0.1) is 6.26 Å². The lowest BCUT2D eigenvalue weighted by Gasteiger charge is -2.40. The van der Waals surface area contributed by atoms with Gasteiger partial charge in [-0.15, -0.1) is 0 Å². The first kappa shape index (κ1) is 21.8. The second-order valence-corrected chi connectivity index (χ2v) is 8.71. The Bertz CT molecular complexity index is 1290. The molecule has 5 heteroatoms. The quantitative estimate of drug-likeness (QED) is 0.271. The maximum Gasteiger partial charge on any atom is 0.105 e. The van der Waals surface area contributed by atoms with Crippen molar-refractivity contribution in [3.05, 3.63) is 138 Å². The lowest BCUT2D eigenvalue weighted by atomic mass is 9.63. The fourth-order valence-electron chi connectivity index (χ4n) is 4.92. The van der Waals surface area contributed by atoms with E-state index in [9.17, 15) is 0 Å². The third-order valence-electron chi connectivity index (χ3n) is 6.47. The van der Waals surface area contributed by atoms with E-state index in [0.29, 0.717) is 12.8 Å². The number of furan rings is 2. The van der Waals surface area contributed by atoms with Crippen LogP contribution in [0.1, 0.15) is 40.0 Å². The number of hydrogen-bond acceptors (Lipinski definition) is 5. The molecular formula is C29H27N3O2. The van der Waals surface area contributed by atoms with Gasteiger partial charge in [-0.3, -0.25) is 15.0 Å². The van der Waals surface area contributed by atoms with Gasteiger partial charge in [-0.05, 0) is 79.1 Å². The molecule has 0 bridgehead atoms. The molecule has 34 heavy (non-hydrogen) atoms. The Morgan fingerprint density at radius 1 is 0.794 bits per heavy atom. The van der Waals surface area contributed by atoms with Gasteiger partial charge in [0.2, 0.25) is 0 Å². The van der Waals surface area contributed by atoms with Crippen molar-refractivity contribution < 1.29 is 8.83 Å². The van der Waals surface area contributed by atoms with Gasteiger partial charge in [-0.25, -0.2) is 0 Å². The molecule has 5 heterocycles. The Balaban J connectivity index is 1.73. The molecule has 0 saturated carbocycles. The van der Waals surface area contributed by atoms with Gasteiger partial charge in [-0.2, -0.15) is 0 Å². The highest BCUT2D eigenvalue weighted by Gasteiger charge is 2.44. The summed E-state index contributed by atoms with van der Waals surface area (Å²) >= 11 is 0. The van der Waals surface area contributed by atoms with Gasteiger partial charge in [-0.1, -0.05) is 12.1 Å². The van der Waals surface area contributed by atoms with Gasteiger partial charge in [0.25, 0.3) is 0 Å². The molecule has 0 radical (unpaired) electrons. The Labute approximate surface area is 199 Å². The number of hydrogen-bond donors (Lipinski definition) is 0. The zero-order valence-electron chi connectivity index (χ0n) is 19.2. The summed E-state index contributed by atoms with van der Waals surface area (Å²) in [5.74, 6) is 2.81. The van der Waals surface area contributed by atoms with E-state index in [2.05, 4.69) is 46.4 Å². The highest BCUT2D eigenvalue weighted by molar-refractivity contribution is 5.35. The second-order valence-electron chi connectivity index (χ2n) is 8.71. The standard InChI is InChI=1S/C29H27N3O2/c1-22-9-10-26(34-22)20-29(19-25-7-5-17-33-25,28-8-2-3-14-32-28)27(24-11-15-30-16-12-24)18-23-6-4-13-31-21-23/h2-17,21,27H,18-20H2,1H3. The smallest absolute Gasteiger partial charge is 0.105 e. The van der Waals surface area contributed by atoms with E-state index >= 15 is 0 Å². The summed E-state index contributed by atoms with van der Waals surface area (Å²) in [5.41, 5.74) is 2.92. The van der Waals surface area contributed by atoms with Crippen molar-refractivity contribution in [1.82, 2.24) is 15.0 Å². The molecule has 2 atom stereocenters. The van der Waals surface area contributed by atoms with Crippen molar-refractivity contribution in [3.63, 3.8) is 0 Å². The van der Waals surface area contributed by atoms with E-state index in [-0.39, 0.29) is 5.92 Å². The van der Waals surface area contributed by atoms with Crippen molar-refractivity contribution in [2.45, 2.75) is 37.5 Å². The second kappa shape index (κ2) is 9.87. The first-order valence-electron chi connectivity index (χ1n) is 11.5. The summed E-state index contributed by atoms with van der Waals surface area (Å²) in [4.78, 5) is 13.6. The van der Waals surface area contributed by atoms with Gasteiger partial charge in [0, 0.05) is 60.9 Å². The number of nitrogens with zero attached hydrogens (tertiary/aromatic N) is 3. The van der Waals surface area contributed by atoms with Crippen LogP contribution in [0.25, 0.3) is 0 Å². The maximum atomic E-state index is 6.13. The normalized spacial score (nSPS) is 13.9. The molecule has 0 aromatic carbocycles. The molecule has 5 nitrogen and oxygen atoms in total. The van der Waals surface area contributed by atoms with Crippen molar-refractivity contribution in [1.29, 1.82) is 0 Å². The van der Waals surface area contributed by atoms with Gasteiger partial charge in [0.15, 0.2) is 0 Å². The zero-order valence-corrected chi connectivity index (χ0v) is 19.2. The summed E-state index contributed by atoms with van der Waals surface area (Å²) in [6.45, 7) is 1.98.